The van der Waals surface area contributed by atoms with Crippen LogP contribution in [0.5, 0.6) is 0 Å². The summed E-state index contributed by atoms with van der Waals surface area (Å²) in [4.78, 5) is 9.68. The third-order valence-corrected chi connectivity index (χ3v) is 5.46. The minimum atomic E-state index is -3.45. The number of H-pyrrole nitrogens is 1. The first-order valence-electron chi connectivity index (χ1n) is 7.32. The van der Waals surface area contributed by atoms with Crippen molar-refractivity contribution in [2.24, 2.45) is 0 Å². The molecule has 0 amide bonds. The van der Waals surface area contributed by atoms with E-state index in [9.17, 15) is 8.42 Å². The second-order valence-electron chi connectivity index (χ2n) is 5.73. The molecule has 2 aromatic rings. The van der Waals surface area contributed by atoms with E-state index in [0.717, 1.165) is 29.7 Å². The van der Waals surface area contributed by atoms with Crippen LogP contribution in [0.15, 0.2) is 18.2 Å². The zero-order chi connectivity index (χ0) is 15.7. The fourth-order valence-electron chi connectivity index (χ4n) is 2.54. The van der Waals surface area contributed by atoms with Gasteiger partial charge in [-0.1, -0.05) is 6.07 Å². The van der Waals surface area contributed by atoms with Gasteiger partial charge in [0.15, 0.2) is 0 Å². The largest absolute Gasteiger partial charge is 0.341 e. The van der Waals surface area contributed by atoms with E-state index in [4.69, 9.17) is 0 Å². The lowest BCUT2D eigenvalue weighted by Gasteiger charge is -2.31. The highest BCUT2D eigenvalue weighted by Crippen LogP contribution is 2.13. The molecule has 1 aliphatic rings. The standard InChI is InChI=1S/C14H21N5O2S/c1-11-3-4-12-13(9-11)17-14(16-12)10-15-22(20,21)19-7-5-18(2)6-8-19/h3-4,9,15H,5-8,10H2,1-2H3,(H,16,17). The minimum absolute atomic E-state index is 0.169. The number of nitrogens with zero attached hydrogens (tertiary/aromatic N) is 3. The zero-order valence-electron chi connectivity index (χ0n) is 12.8. The number of aromatic amines is 1. The SMILES string of the molecule is Cc1ccc2nc(CNS(=O)(=O)N3CCN(C)CC3)[nH]c2c1. The zero-order valence-corrected chi connectivity index (χ0v) is 13.7. The average molecular weight is 323 g/mol. The highest BCUT2D eigenvalue weighted by Gasteiger charge is 2.25. The lowest BCUT2D eigenvalue weighted by Crippen LogP contribution is -2.50. The van der Waals surface area contributed by atoms with E-state index in [-0.39, 0.29) is 6.54 Å². The van der Waals surface area contributed by atoms with Crippen LogP contribution in [0, 0.1) is 6.92 Å². The quantitative estimate of drug-likeness (QED) is 0.856. The number of fused-ring (bicyclic) bond motifs is 1. The van der Waals surface area contributed by atoms with Gasteiger partial charge in [-0.3, -0.25) is 0 Å². The summed E-state index contributed by atoms with van der Waals surface area (Å²) in [5.74, 6) is 0.623. The van der Waals surface area contributed by atoms with Gasteiger partial charge in [0.25, 0.3) is 10.2 Å². The van der Waals surface area contributed by atoms with Crippen LogP contribution in [-0.2, 0) is 16.8 Å². The van der Waals surface area contributed by atoms with Crippen LogP contribution in [0.25, 0.3) is 11.0 Å². The molecular weight excluding hydrogens is 302 g/mol. The lowest BCUT2D eigenvalue weighted by molar-refractivity contribution is 0.221. The van der Waals surface area contributed by atoms with Crippen LogP contribution in [0.2, 0.25) is 0 Å². The molecule has 3 rings (SSSR count). The Hall–Kier alpha value is -1.48. The van der Waals surface area contributed by atoms with E-state index in [2.05, 4.69) is 19.6 Å². The van der Waals surface area contributed by atoms with Gasteiger partial charge in [-0.25, -0.2) is 4.98 Å². The first-order valence-corrected chi connectivity index (χ1v) is 8.76. The molecule has 1 saturated heterocycles. The van der Waals surface area contributed by atoms with E-state index < -0.39 is 10.2 Å². The first kappa shape index (κ1) is 15.4. The molecule has 0 unspecified atom stereocenters. The van der Waals surface area contributed by atoms with Gasteiger partial charge in [-0.2, -0.15) is 17.4 Å². The molecule has 0 saturated carbocycles. The second kappa shape index (κ2) is 5.96. The number of imidazole rings is 1. The molecule has 0 bridgehead atoms. The Morgan fingerprint density at radius 3 is 2.73 bits per heavy atom. The van der Waals surface area contributed by atoms with Gasteiger partial charge in [0.05, 0.1) is 17.6 Å². The summed E-state index contributed by atoms with van der Waals surface area (Å²) >= 11 is 0. The topological polar surface area (TPSA) is 81.3 Å². The van der Waals surface area contributed by atoms with Crippen LogP contribution in [0.3, 0.4) is 0 Å². The summed E-state index contributed by atoms with van der Waals surface area (Å²) in [6.45, 7) is 4.73. The van der Waals surface area contributed by atoms with Gasteiger partial charge >= 0.3 is 0 Å². The molecule has 22 heavy (non-hydrogen) atoms. The summed E-state index contributed by atoms with van der Waals surface area (Å²) in [6.07, 6.45) is 0. The number of rotatable bonds is 4. The molecule has 1 aromatic heterocycles. The van der Waals surface area contributed by atoms with Crippen LogP contribution >= 0.6 is 0 Å². The molecule has 1 aromatic carbocycles. The molecule has 0 atom stereocenters. The Balaban J connectivity index is 1.67. The number of nitrogens with one attached hydrogen (secondary N) is 2. The molecule has 8 heteroatoms. The third-order valence-electron chi connectivity index (χ3n) is 3.91. The van der Waals surface area contributed by atoms with Crippen LogP contribution < -0.4 is 4.72 Å². The molecule has 2 N–H and O–H groups in total. The molecule has 0 aliphatic carbocycles. The maximum absolute atomic E-state index is 12.3. The van der Waals surface area contributed by atoms with Gasteiger partial charge in [0.1, 0.15) is 5.82 Å². The summed E-state index contributed by atoms with van der Waals surface area (Å²) in [7, 11) is -1.46. The summed E-state index contributed by atoms with van der Waals surface area (Å²) in [5, 5.41) is 0. The van der Waals surface area contributed by atoms with Crippen molar-refractivity contribution in [2.75, 3.05) is 33.2 Å². The van der Waals surface area contributed by atoms with E-state index in [1.807, 2.05) is 32.2 Å². The molecule has 2 heterocycles. The number of hydrogen-bond acceptors (Lipinski definition) is 4. The third kappa shape index (κ3) is 3.30. The molecule has 120 valence electrons. The average Bonchev–Trinajstić information content (AvgIpc) is 2.88. The Kier molecular flexibility index (Phi) is 4.18. The summed E-state index contributed by atoms with van der Waals surface area (Å²) in [6, 6.07) is 5.92. The van der Waals surface area contributed by atoms with Crippen molar-refractivity contribution in [1.29, 1.82) is 0 Å². The van der Waals surface area contributed by atoms with Gasteiger partial charge in [-0.05, 0) is 31.7 Å². The summed E-state index contributed by atoms with van der Waals surface area (Å²) in [5.41, 5.74) is 2.91. The number of benzene rings is 1. The number of piperazine rings is 1. The Morgan fingerprint density at radius 1 is 1.27 bits per heavy atom. The minimum Gasteiger partial charge on any atom is -0.341 e. The Labute approximate surface area is 130 Å². The predicted octanol–water partition coefficient (Wildman–Crippen LogP) is 0.453. The lowest BCUT2D eigenvalue weighted by atomic mass is 10.2. The van der Waals surface area contributed by atoms with Crippen molar-refractivity contribution in [1.82, 2.24) is 23.9 Å². The predicted molar refractivity (Wildman–Crippen MR) is 85.7 cm³/mol. The Morgan fingerprint density at radius 2 is 2.00 bits per heavy atom. The smallest absolute Gasteiger partial charge is 0.279 e. The van der Waals surface area contributed by atoms with Gasteiger partial charge in [0, 0.05) is 26.2 Å². The van der Waals surface area contributed by atoms with E-state index in [0.29, 0.717) is 18.9 Å². The molecule has 1 aliphatic heterocycles. The fraction of sp³-hybridized carbons (Fsp3) is 0.500. The second-order valence-corrected chi connectivity index (χ2v) is 7.49. The molecule has 0 spiro atoms. The van der Waals surface area contributed by atoms with Crippen molar-refractivity contribution >= 4 is 21.2 Å². The van der Waals surface area contributed by atoms with Crippen LogP contribution in [0.1, 0.15) is 11.4 Å². The monoisotopic (exact) mass is 323 g/mol. The molecule has 1 fully saturated rings. The number of aromatic nitrogens is 2. The normalized spacial score (nSPS) is 18.1. The van der Waals surface area contributed by atoms with Crippen molar-refractivity contribution in [3.63, 3.8) is 0 Å². The van der Waals surface area contributed by atoms with Gasteiger partial charge < -0.3 is 9.88 Å². The molecular formula is C14H21N5O2S. The van der Waals surface area contributed by atoms with Crippen LogP contribution in [-0.4, -0.2) is 60.8 Å². The van der Waals surface area contributed by atoms with E-state index in [1.54, 1.807) is 0 Å². The highest BCUT2D eigenvalue weighted by molar-refractivity contribution is 7.87. The van der Waals surface area contributed by atoms with Crippen molar-refractivity contribution in [3.05, 3.63) is 29.6 Å². The summed E-state index contributed by atoms with van der Waals surface area (Å²) < 4.78 is 28.7. The molecule has 0 radical (unpaired) electrons. The maximum atomic E-state index is 12.3. The van der Waals surface area contributed by atoms with Crippen molar-refractivity contribution < 1.29 is 8.42 Å². The van der Waals surface area contributed by atoms with E-state index >= 15 is 0 Å². The van der Waals surface area contributed by atoms with Crippen molar-refractivity contribution in [3.8, 4) is 0 Å². The maximum Gasteiger partial charge on any atom is 0.279 e. The van der Waals surface area contributed by atoms with Crippen molar-refractivity contribution in [2.45, 2.75) is 13.5 Å². The first-order chi connectivity index (χ1) is 10.4. The van der Waals surface area contributed by atoms with Gasteiger partial charge in [-0.15, -0.1) is 0 Å². The number of aryl methyl sites for hydroxylation is 1. The highest BCUT2D eigenvalue weighted by atomic mass is 32.2. The van der Waals surface area contributed by atoms with E-state index in [1.165, 1.54) is 4.31 Å². The molecule has 7 nitrogen and oxygen atoms in total. The number of likely N-dealkylation sites (N-methyl/N-ethyl adjacent to an activating group) is 1. The van der Waals surface area contributed by atoms with Crippen LogP contribution in [0.4, 0.5) is 0 Å². The fourth-order valence-corrected chi connectivity index (χ4v) is 3.69. The number of hydrogen-bond donors (Lipinski definition) is 2. The van der Waals surface area contributed by atoms with Gasteiger partial charge in [0.2, 0.25) is 0 Å². The Bertz CT molecular complexity index is 763.